The lowest BCUT2D eigenvalue weighted by atomic mass is 9.89. The second kappa shape index (κ2) is 8.86. The Morgan fingerprint density at radius 1 is 1.15 bits per heavy atom. The van der Waals surface area contributed by atoms with E-state index in [9.17, 15) is 14.4 Å². The van der Waals surface area contributed by atoms with Gasteiger partial charge in [-0.3, -0.25) is 24.6 Å². The minimum absolute atomic E-state index is 0.134. The van der Waals surface area contributed by atoms with Crippen LogP contribution in [-0.4, -0.2) is 66.9 Å². The van der Waals surface area contributed by atoms with Gasteiger partial charge in [-0.25, -0.2) is 0 Å². The van der Waals surface area contributed by atoms with Crippen molar-refractivity contribution in [1.82, 2.24) is 15.1 Å². The average molecular weight is 450 g/mol. The van der Waals surface area contributed by atoms with Gasteiger partial charge in [-0.2, -0.15) is 0 Å². The van der Waals surface area contributed by atoms with Gasteiger partial charge in [-0.1, -0.05) is 6.07 Å². The number of imide groups is 1. The fraction of sp³-hybridized carbons (Fsp3) is 0.400. The van der Waals surface area contributed by atoms with E-state index in [1.165, 1.54) is 0 Å². The molecule has 0 saturated carbocycles. The normalized spacial score (nSPS) is 19.8. The van der Waals surface area contributed by atoms with Gasteiger partial charge in [0.15, 0.2) is 0 Å². The maximum absolute atomic E-state index is 12.4. The first-order valence-corrected chi connectivity index (χ1v) is 11.4. The number of piperazine rings is 1. The standard InChI is InChI=1S/C25H27N3O5/c1-16(29)28-10-8-27(9-11-28)12-13-32-18-3-4-19-17(14-18)2-6-22-24(19)21(15-33-22)20-5-7-23(30)26-25(20)31/h2-4,6,14-15,20H,5,7-13H2,1H3,(H,26,30,31)/t20-/m0/s1. The zero-order valence-electron chi connectivity index (χ0n) is 18.6. The molecule has 1 atom stereocenters. The zero-order chi connectivity index (χ0) is 22.9. The van der Waals surface area contributed by atoms with Crippen LogP contribution in [-0.2, 0) is 14.4 Å². The highest BCUT2D eigenvalue weighted by molar-refractivity contribution is 6.10. The molecule has 2 aromatic carbocycles. The number of amides is 3. The van der Waals surface area contributed by atoms with Crippen LogP contribution in [0, 0.1) is 0 Å². The van der Waals surface area contributed by atoms with Gasteiger partial charge >= 0.3 is 0 Å². The third kappa shape index (κ3) is 4.30. The molecule has 0 bridgehead atoms. The molecule has 1 N–H and O–H groups in total. The molecule has 0 radical (unpaired) electrons. The van der Waals surface area contributed by atoms with Gasteiger partial charge in [0, 0.05) is 57.0 Å². The Morgan fingerprint density at radius 3 is 2.73 bits per heavy atom. The van der Waals surface area contributed by atoms with E-state index in [-0.39, 0.29) is 17.7 Å². The molecule has 172 valence electrons. The summed E-state index contributed by atoms with van der Waals surface area (Å²) >= 11 is 0. The van der Waals surface area contributed by atoms with E-state index >= 15 is 0 Å². The van der Waals surface area contributed by atoms with E-state index in [0.29, 0.717) is 19.4 Å². The van der Waals surface area contributed by atoms with E-state index in [1.807, 2.05) is 35.2 Å². The highest BCUT2D eigenvalue weighted by Crippen LogP contribution is 2.37. The number of furan rings is 1. The number of rotatable bonds is 5. The Morgan fingerprint density at radius 2 is 1.97 bits per heavy atom. The second-order valence-electron chi connectivity index (χ2n) is 8.71. The number of nitrogens with zero attached hydrogens (tertiary/aromatic N) is 2. The van der Waals surface area contributed by atoms with Crippen LogP contribution >= 0.6 is 0 Å². The van der Waals surface area contributed by atoms with Crippen LogP contribution in [0.2, 0.25) is 0 Å². The molecule has 3 heterocycles. The highest BCUT2D eigenvalue weighted by atomic mass is 16.5. The summed E-state index contributed by atoms with van der Waals surface area (Å²) in [7, 11) is 0. The van der Waals surface area contributed by atoms with Crippen LogP contribution in [0.25, 0.3) is 21.7 Å². The van der Waals surface area contributed by atoms with Gasteiger partial charge < -0.3 is 14.1 Å². The van der Waals surface area contributed by atoms with Crippen molar-refractivity contribution in [2.75, 3.05) is 39.3 Å². The van der Waals surface area contributed by atoms with E-state index in [0.717, 1.165) is 65.8 Å². The van der Waals surface area contributed by atoms with Crippen LogP contribution in [0.3, 0.4) is 0 Å². The molecular weight excluding hydrogens is 422 g/mol. The number of hydrogen-bond acceptors (Lipinski definition) is 6. The van der Waals surface area contributed by atoms with E-state index in [4.69, 9.17) is 9.15 Å². The van der Waals surface area contributed by atoms with Gasteiger partial charge in [-0.15, -0.1) is 0 Å². The molecule has 33 heavy (non-hydrogen) atoms. The number of fused-ring (bicyclic) bond motifs is 3. The van der Waals surface area contributed by atoms with Crippen molar-refractivity contribution in [2.24, 2.45) is 0 Å². The predicted molar refractivity (Wildman–Crippen MR) is 123 cm³/mol. The van der Waals surface area contributed by atoms with E-state index < -0.39 is 5.92 Å². The summed E-state index contributed by atoms with van der Waals surface area (Å²) in [4.78, 5) is 39.6. The fourth-order valence-corrected chi connectivity index (χ4v) is 4.79. The van der Waals surface area contributed by atoms with Crippen LogP contribution in [0.4, 0.5) is 0 Å². The van der Waals surface area contributed by atoms with Crippen molar-refractivity contribution in [3.63, 3.8) is 0 Å². The predicted octanol–water partition coefficient (Wildman–Crippen LogP) is 2.65. The summed E-state index contributed by atoms with van der Waals surface area (Å²) < 4.78 is 11.8. The number of carbonyl (C=O) groups excluding carboxylic acids is 3. The van der Waals surface area contributed by atoms with Crippen molar-refractivity contribution in [2.45, 2.75) is 25.7 Å². The molecule has 0 aliphatic carbocycles. The van der Waals surface area contributed by atoms with Gasteiger partial charge in [0.1, 0.15) is 17.9 Å². The lowest BCUT2D eigenvalue weighted by molar-refractivity contribution is -0.134. The fourth-order valence-electron chi connectivity index (χ4n) is 4.79. The average Bonchev–Trinajstić information content (AvgIpc) is 3.23. The molecule has 2 aliphatic heterocycles. The first kappa shape index (κ1) is 21.5. The van der Waals surface area contributed by atoms with Crippen molar-refractivity contribution < 1.29 is 23.5 Å². The van der Waals surface area contributed by atoms with Gasteiger partial charge in [0.2, 0.25) is 17.7 Å². The maximum atomic E-state index is 12.4. The first-order valence-electron chi connectivity index (χ1n) is 11.4. The molecule has 1 aromatic heterocycles. The molecule has 8 nitrogen and oxygen atoms in total. The van der Waals surface area contributed by atoms with Crippen molar-refractivity contribution in [1.29, 1.82) is 0 Å². The maximum Gasteiger partial charge on any atom is 0.234 e. The Kier molecular flexibility index (Phi) is 5.76. The molecule has 0 spiro atoms. The molecule has 2 aliphatic rings. The number of benzene rings is 2. The molecule has 5 rings (SSSR count). The minimum Gasteiger partial charge on any atom is -0.492 e. The Hall–Kier alpha value is -3.39. The lowest BCUT2D eigenvalue weighted by Crippen LogP contribution is -2.48. The summed E-state index contributed by atoms with van der Waals surface area (Å²) in [6.07, 6.45) is 2.45. The molecule has 3 amide bonds. The topological polar surface area (TPSA) is 92.1 Å². The van der Waals surface area contributed by atoms with Crippen LogP contribution in [0.15, 0.2) is 41.0 Å². The van der Waals surface area contributed by atoms with Crippen LogP contribution in [0.1, 0.15) is 31.2 Å². The van der Waals surface area contributed by atoms with E-state index in [1.54, 1.807) is 13.2 Å². The summed E-state index contributed by atoms with van der Waals surface area (Å²) in [5, 5.41) is 5.35. The summed E-state index contributed by atoms with van der Waals surface area (Å²) in [5.74, 6) is 0.0326. The lowest BCUT2D eigenvalue weighted by Gasteiger charge is -2.34. The number of hydrogen-bond donors (Lipinski definition) is 1. The Balaban J connectivity index is 1.30. The molecule has 2 saturated heterocycles. The van der Waals surface area contributed by atoms with E-state index in [2.05, 4.69) is 10.2 Å². The third-order valence-corrected chi connectivity index (χ3v) is 6.66. The van der Waals surface area contributed by atoms with Gasteiger partial charge in [0.25, 0.3) is 0 Å². The summed E-state index contributed by atoms with van der Waals surface area (Å²) in [6.45, 7) is 6.25. The number of carbonyl (C=O) groups is 3. The van der Waals surface area contributed by atoms with Crippen LogP contribution in [0.5, 0.6) is 5.75 Å². The number of piperidine rings is 1. The molecule has 3 aromatic rings. The van der Waals surface area contributed by atoms with Gasteiger partial charge in [0.05, 0.1) is 12.2 Å². The Bertz CT molecular complexity index is 1230. The van der Waals surface area contributed by atoms with Crippen LogP contribution < -0.4 is 10.1 Å². The first-order chi connectivity index (χ1) is 16.0. The van der Waals surface area contributed by atoms with Gasteiger partial charge in [-0.05, 0) is 41.5 Å². The highest BCUT2D eigenvalue weighted by Gasteiger charge is 2.31. The second-order valence-corrected chi connectivity index (χ2v) is 8.71. The number of ether oxygens (including phenoxy) is 1. The smallest absolute Gasteiger partial charge is 0.234 e. The molecule has 0 unspecified atom stereocenters. The van der Waals surface area contributed by atoms with Crippen molar-refractivity contribution in [3.8, 4) is 5.75 Å². The number of nitrogens with one attached hydrogen (secondary N) is 1. The minimum atomic E-state index is -0.394. The molecule has 2 fully saturated rings. The molecular formula is C25H27N3O5. The van der Waals surface area contributed by atoms with Crippen molar-refractivity contribution >= 4 is 39.5 Å². The molecule has 8 heteroatoms. The summed E-state index contributed by atoms with van der Waals surface area (Å²) in [5.41, 5.74) is 1.54. The monoisotopic (exact) mass is 449 g/mol. The Labute approximate surface area is 191 Å². The van der Waals surface area contributed by atoms with Crippen molar-refractivity contribution in [3.05, 3.63) is 42.2 Å². The summed E-state index contributed by atoms with van der Waals surface area (Å²) in [6, 6.07) is 9.85. The largest absolute Gasteiger partial charge is 0.492 e. The SMILES string of the molecule is CC(=O)N1CCN(CCOc2ccc3c(ccc4occ([C@@H]5CCC(=O)NC5=O)c43)c2)CC1. The quantitative estimate of drug-likeness (QED) is 0.602. The third-order valence-electron chi connectivity index (χ3n) is 6.66. The zero-order valence-corrected chi connectivity index (χ0v) is 18.6.